The van der Waals surface area contributed by atoms with Crippen LogP contribution in [-0.4, -0.2) is 40.8 Å². The van der Waals surface area contributed by atoms with Gasteiger partial charge >= 0.3 is 0 Å². The number of hydrogen-bond donors (Lipinski definition) is 0. The lowest BCUT2D eigenvalue weighted by Gasteiger charge is -2.22. The van der Waals surface area contributed by atoms with Crippen LogP contribution in [0.15, 0.2) is 4.52 Å². The summed E-state index contributed by atoms with van der Waals surface area (Å²) in [5.41, 5.74) is 0. The third kappa shape index (κ3) is 2.90. The number of rotatable bonds is 6. The van der Waals surface area contributed by atoms with Gasteiger partial charge in [-0.1, -0.05) is 12.1 Å². The second-order valence-electron chi connectivity index (χ2n) is 5.35. The predicted octanol–water partition coefficient (Wildman–Crippen LogP) is 1.63. The average Bonchev–Trinajstić information content (AvgIpc) is 2.92. The highest BCUT2D eigenvalue weighted by Gasteiger charge is 2.32. The van der Waals surface area contributed by atoms with Crippen LogP contribution in [0.3, 0.4) is 0 Å². The van der Waals surface area contributed by atoms with E-state index in [2.05, 4.69) is 15.0 Å². The molecule has 0 aromatic carbocycles. The van der Waals surface area contributed by atoms with E-state index in [-0.39, 0.29) is 0 Å². The summed E-state index contributed by atoms with van der Waals surface area (Å²) in [6.07, 6.45) is 4.64. The molecule has 1 aliphatic carbocycles. The van der Waals surface area contributed by atoms with E-state index in [1.807, 2.05) is 6.92 Å². The molecule has 0 N–H and O–H groups in total. The molecule has 18 heavy (non-hydrogen) atoms. The van der Waals surface area contributed by atoms with Gasteiger partial charge in [0, 0.05) is 25.6 Å². The Labute approximate surface area is 107 Å². The Hall–Kier alpha value is -0.940. The number of ether oxygens (including phenoxy) is 1. The van der Waals surface area contributed by atoms with Crippen LogP contribution in [-0.2, 0) is 17.7 Å². The minimum Gasteiger partial charge on any atom is -0.381 e. The first kappa shape index (κ1) is 12.1. The van der Waals surface area contributed by atoms with Gasteiger partial charge in [-0.15, -0.1) is 0 Å². The van der Waals surface area contributed by atoms with Crippen LogP contribution in [0.1, 0.15) is 37.9 Å². The molecular weight excluding hydrogens is 230 g/mol. The Morgan fingerprint density at radius 2 is 2.22 bits per heavy atom. The quantitative estimate of drug-likeness (QED) is 0.769. The van der Waals surface area contributed by atoms with Gasteiger partial charge in [-0.3, -0.25) is 4.90 Å². The summed E-state index contributed by atoms with van der Waals surface area (Å²) < 4.78 is 10.7. The molecule has 1 aliphatic heterocycles. The SMILES string of the molecule is CCc1noc(CN(CC2CCOC2)C2CC2)n1. The Kier molecular flexibility index (Phi) is 3.61. The van der Waals surface area contributed by atoms with Crippen molar-refractivity contribution >= 4 is 0 Å². The molecule has 2 heterocycles. The second kappa shape index (κ2) is 5.36. The van der Waals surface area contributed by atoms with Crippen molar-refractivity contribution in [2.75, 3.05) is 19.8 Å². The maximum Gasteiger partial charge on any atom is 0.240 e. The third-order valence-electron chi connectivity index (χ3n) is 3.74. The van der Waals surface area contributed by atoms with Gasteiger partial charge in [0.2, 0.25) is 5.89 Å². The molecule has 3 rings (SSSR count). The van der Waals surface area contributed by atoms with E-state index >= 15 is 0 Å². The van der Waals surface area contributed by atoms with Crippen molar-refractivity contribution < 1.29 is 9.26 Å². The van der Waals surface area contributed by atoms with Crippen LogP contribution >= 0.6 is 0 Å². The fourth-order valence-corrected chi connectivity index (χ4v) is 2.51. The molecule has 0 spiro atoms. The lowest BCUT2D eigenvalue weighted by molar-refractivity contribution is 0.153. The third-order valence-corrected chi connectivity index (χ3v) is 3.74. The van der Waals surface area contributed by atoms with Crippen molar-refractivity contribution in [2.24, 2.45) is 5.92 Å². The first-order valence-corrected chi connectivity index (χ1v) is 6.98. The van der Waals surface area contributed by atoms with Crippen LogP contribution in [0, 0.1) is 5.92 Å². The molecule has 5 nitrogen and oxygen atoms in total. The molecule has 5 heteroatoms. The first-order valence-electron chi connectivity index (χ1n) is 6.98. The highest BCUT2D eigenvalue weighted by atomic mass is 16.5. The van der Waals surface area contributed by atoms with E-state index < -0.39 is 0 Å². The molecule has 1 atom stereocenters. The van der Waals surface area contributed by atoms with E-state index in [9.17, 15) is 0 Å². The van der Waals surface area contributed by atoms with Crippen molar-refractivity contribution in [1.29, 1.82) is 0 Å². The molecule has 0 radical (unpaired) electrons. The van der Waals surface area contributed by atoms with E-state index in [1.54, 1.807) is 0 Å². The van der Waals surface area contributed by atoms with Gasteiger partial charge in [0.15, 0.2) is 5.82 Å². The predicted molar refractivity (Wildman–Crippen MR) is 66.0 cm³/mol. The van der Waals surface area contributed by atoms with Crippen LogP contribution in [0.5, 0.6) is 0 Å². The molecule has 1 aromatic rings. The lowest BCUT2D eigenvalue weighted by atomic mass is 10.1. The maximum absolute atomic E-state index is 5.45. The van der Waals surface area contributed by atoms with Gasteiger partial charge in [0.1, 0.15) is 0 Å². The maximum atomic E-state index is 5.45. The van der Waals surface area contributed by atoms with Crippen molar-refractivity contribution in [1.82, 2.24) is 15.0 Å². The largest absolute Gasteiger partial charge is 0.381 e. The van der Waals surface area contributed by atoms with Crippen LogP contribution in [0.2, 0.25) is 0 Å². The Balaban J connectivity index is 1.59. The molecule has 1 saturated heterocycles. The molecular formula is C13H21N3O2. The molecule has 2 fully saturated rings. The summed E-state index contributed by atoms with van der Waals surface area (Å²) in [7, 11) is 0. The summed E-state index contributed by atoms with van der Waals surface area (Å²) in [5.74, 6) is 2.25. The Morgan fingerprint density at radius 3 is 2.83 bits per heavy atom. The summed E-state index contributed by atoms with van der Waals surface area (Å²) in [4.78, 5) is 6.89. The highest BCUT2D eigenvalue weighted by molar-refractivity contribution is 4.91. The lowest BCUT2D eigenvalue weighted by Crippen LogP contribution is -2.31. The number of aromatic nitrogens is 2. The normalized spacial score (nSPS) is 24.0. The zero-order valence-corrected chi connectivity index (χ0v) is 11.0. The van der Waals surface area contributed by atoms with Gasteiger partial charge in [-0.2, -0.15) is 4.98 Å². The van der Waals surface area contributed by atoms with Gasteiger partial charge < -0.3 is 9.26 Å². The van der Waals surface area contributed by atoms with Crippen LogP contribution in [0.25, 0.3) is 0 Å². The fourth-order valence-electron chi connectivity index (χ4n) is 2.51. The van der Waals surface area contributed by atoms with Crippen LogP contribution < -0.4 is 0 Å². The van der Waals surface area contributed by atoms with E-state index in [0.717, 1.165) is 50.5 Å². The summed E-state index contributed by atoms with van der Waals surface area (Å²) >= 11 is 0. The highest BCUT2D eigenvalue weighted by Crippen LogP contribution is 2.30. The minimum atomic E-state index is 0.680. The molecule has 1 saturated carbocycles. The molecule has 2 aliphatic rings. The van der Waals surface area contributed by atoms with E-state index in [1.165, 1.54) is 19.3 Å². The molecule has 0 amide bonds. The standard InChI is InChI=1S/C13H21N3O2/c1-2-12-14-13(18-15-12)8-16(11-3-4-11)7-10-5-6-17-9-10/h10-11H,2-9H2,1H3. The number of nitrogens with zero attached hydrogens (tertiary/aromatic N) is 3. The Morgan fingerprint density at radius 1 is 1.33 bits per heavy atom. The molecule has 0 bridgehead atoms. The van der Waals surface area contributed by atoms with Crippen molar-refractivity contribution in [3.8, 4) is 0 Å². The topological polar surface area (TPSA) is 51.4 Å². The number of aryl methyl sites for hydroxylation is 1. The first-order chi connectivity index (χ1) is 8.85. The number of hydrogen-bond acceptors (Lipinski definition) is 5. The zero-order chi connectivity index (χ0) is 12.4. The fraction of sp³-hybridized carbons (Fsp3) is 0.846. The molecule has 1 aromatic heterocycles. The molecule has 1 unspecified atom stereocenters. The van der Waals surface area contributed by atoms with Gasteiger partial charge in [-0.25, -0.2) is 0 Å². The van der Waals surface area contributed by atoms with E-state index in [4.69, 9.17) is 9.26 Å². The van der Waals surface area contributed by atoms with Crippen LogP contribution in [0.4, 0.5) is 0 Å². The average molecular weight is 251 g/mol. The van der Waals surface area contributed by atoms with Gasteiger partial charge in [-0.05, 0) is 25.2 Å². The molecule has 100 valence electrons. The Bertz CT molecular complexity index is 383. The monoisotopic (exact) mass is 251 g/mol. The van der Waals surface area contributed by atoms with Crippen molar-refractivity contribution in [2.45, 2.75) is 45.2 Å². The summed E-state index contributed by atoms with van der Waals surface area (Å²) in [6.45, 7) is 5.78. The minimum absolute atomic E-state index is 0.680. The summed E-state index contributed by atoms with van der Waals surface area (Å²) in [6, 6.07) is 0.725. The summed E-state index contributed by atoms with van der Waals surface area (Å²) in [5, 5.41) is 3.96. The van der Waals surface area contributed by atoms with Crippen molar-refractivity contribution in [3.05, 3.63) is 11.7 Å². The van der Waals surface area contributed by atoms with Gasteiger partial charge in [0.25, 0.3) is 0 Å². The van der Waals surface area contributed by atoms with Gasteiger partial charge in [0.05, 0.1) is 13.2 Å². The van der Waals surface area contributed by atoms with E-state index in [0.29, 0.717) is 5.92 Å². The smallest absolute Gasteiger partial charge is 0.240 e. The van der Waals surface area contributed by atoms with Crippen molar-refractivity contribution in [3.63, 3.8) is 0 Å². The zero-order valence-electron chi connectivity index (χ0n) is 11.0. The second-order valence-corrected chi connectivity index (χ2v) is 5.35.